The van der Waals surface area contributed by atoms with Gasteiger partial charge in [-0.05, 0) is 50.5 Å². The summed E-state index contributed by atoms with van der Waals surface area (Å²) in [5, 5.41) is 3.37. The van der Waals surface area contributed by atoms with Gasteiger partial charge in [-0.2, -0.15) is 13.2 Å². The number of hydrogen-bond acceptors (Lipinski definition) is 2. The fraction of sp³-hybridized carbons (Fsp3) is 0.375. The van der Waals surface area contributed by atoms with Crippen LogP contribution in [0.4, 0.5) is 13.2 Å². The Hall–Kier alpha value is -1.92. The maximum atomic E-state index is 13.4. The van der Waals surface area contributed by atoms with Crippen molar-refractivity contribution >= 4 is 29.3 Å². The molecule has 170 valence electrons. The van der Waals surface area contributed by atoms with Gasteiger partial charge in [-0.3, -0.25) is 4.79 Å². The van der Waals surface area contributed by atoms with Crippen LogP contribution in [0.15, 0.2) is 71.2 Å². The van der Waals surface area contributed by atoms with Gasteiger partial charge >= 0.3 is 6.18 Å². The average molecular weight is 472 g/mol. The molecule has 1 atom stereocenters. The first-order valence-electron chi connectivity index (χ1n) is 10.1. The Balaban J connectivity index is 2.88. The quantitative estimate of drug-likeness (QED) is 0.332. The van der Waals surface area contributed by atoms with Gasteiger partial charge in [0.15, 0.2) is 0 Å². The van der Waals surface area contributed by atoms with Crippen molar-refractivity contribution in [3.63, 3.8) is 0 Å². The number of nitrogens with one attached hydrogen (secondary N) is 1. The van der Waals surface area contributed by atoms with Crippen LogP contribution in [0, 0.1) is 0 Å². The van der Waals surface area contributed by atoms with E-state index in [9.17, 15) is 18.0 Å². The van der Waals surface area contributed by atoms with Crippen molar-refractivity contribution in [2.75, 3.05) is 5.75 Å². The maximum Gasteiger partial charge on any atom is 0.412 e. The molecule has 7 heteroatoms. The van der Waals surface area contributed by atoms with Crippen molar-refractivity contribution in [2.45, 2.75) is 52.3 Å². The molecule has 0 spiro atoms. The largest absolute Gasteiger partial charge is 0.412 e. The van der Waals surface area contributed by atoms with Crippen LogP contribution in [0.1, 0.15) is 50.4 Å². The van der Waals surface area contributed by atoms with Crippen LogP contribution in [0.25, 0.3) is 0 Å². The van der Waals surface area contributed by atoms with Gasteiger partial charge in [0.2, 0.25) is 0 Å². The molecule has 0 saturated carbocycles. The monoisotopic (exact) mass is 471 g/mol. The first kappa shape index (κ1) is 27.1. The lowest BCUT2D eigenvalue weighted by Crippen LogP contribution is -2.33. The summed E-state index contributed by atoms with van der Waals surface area (Å²) in [6.45, 7) is 9.14. The van der Waals surface area contributed by atoms with E-state index < -0.39 is 11.7 Å². The van der Waals surface area contributed by atoms with E-state index in [2.05, 4.69) is 11.9 Å². The molecule has 0 aliphatic rings. The van der Waals surface area contributed by atoms with Crippen LogP contribution in [0.5, 0.6) is 0 Å². The molecule has 0 aliphatic heterocycles. The number of carbonyl (C=O) groups excluding carboxylic acids is 1. The van der Waals surface area contributed by atoms with Crippen LogP contribution < -0.4 is 5.32 Å². The van der Waals surface area contributed by atoms with Gasteiger partial charge in [0.05, 0.1) is 6.04 Å². The Labute approximate surface area is 192 Å². The van der Waals surface area contributed by atoms with Crippen molar-refractivity contribution in [1.82, 2.24) is 5.32 Å². The van der Waals surface area contributed by atoms with E-state index in [0.717, 1.165) is 4.91 Å². The fourth-order valence-corrected chi connectivity index (χ4v) is 3.96. The van der Waals surface area contributed by atoms with Gasteiger partial charge in [0.1, 0.15) is 0 Å². The average Bonchev–Trinajstić information content (AvgIpc) is 2.70. The fourth-order valence-electron chi connectivity index (χ4n) is 2.78. The molecule has 1 unspecified atom stereocenters. The van der Waals surface area contributed by atoms with Gasteiger partial charge in [0.25, 0.3) is 5.91 Å². The van der Waals surface area contributed by atoms with E-state index in [4.69, 9.17) is 11.6 Å². The number of rotatable bonds is 11. The second-order valence-corrected chi connectivity index (χ2v) is 8.42. The van der Waals surface area contributed by atoms with E-state index in [1.807, 2.05) is 26.8 Å². The Morgan fingerprint density at radius 1 is 1.35 bits per heavy atom. The second-order valence-electron chi connectivity index (χ2n) is 6.93. The summed E-state index contributed by atoms with van der Waals surface area (Å²) >= 11 is 7.33. The van der Waals surface area contributed by atoms with Crippen LogP contribution in [-0.2, 0) is 0 Å². The Kier molecular flexibility index (Phi) is 11.8. The van der Waals surface area contributed by atoms with E-state index in [-0.39, 0.29) is 18.4 Å². The summed E-state index contributed by atoms with van der Waals surface area (Å²) in [5.74, 6) is 0.0602. The number of halogens is 4. The molecule has 1 aromatic rings. The zero-order valence-corrected chi connectivity index (χ0v) is 19.6. The molecule has 0 radical (unpaired) electrons. The topological polar surface area (TPSA) is 29.1 Å². The van der Waals surface area contributed by atoms with Crippen LogP contribution in [0.2, 0.25) is 5.02 Å². The normalized spacial score (nSPS) is 14.4. The summed E-state index contributed by atoms with van der Waals surface area (Å²) in [7, 11) is 0. The highest BCUT2D eigenvalue weighted by Gasteiger charge is 2.32. The van der Waals surface area contributed by atoms with Crippen molar-refractivity contribution in [3.05, 3.63) is 81.8 Å². The molecule has 0 aromatic heterocycles. The van der Waals surface area contributed by atoms with E-state index in [1.165, 1.54) is 23.9 Å². The minimum absolute atomic E-state index is 0.0122. The molecule has 1 aromatic carbocycles. The smallest absolute Gasteiger partial charge is 0.345 e. The molecule has 1 rings (SSSR count). The first-order valence-corrected chi connectivity index (χ1v) is 11.4. The van der Waals surface area contributed by atoms with Gasteiger partial charge in [0, 0.05) is 26.8 Å². The third-order valence-corrected chi connectivity index (χ3v) is 6.04. The van der Waals surface area contributed by atoms with Crippen LogP contribution in [0.3, 0.4) is 0 Å². The molecule has 0 bridgehead atoms. The molecule has 0 fully saturated rings. The molecular formula is C24H29ClF3NOS. The lowest BCUT2D eigenvalue weighted by atomic mass is 10.1. The zero-order chi connectivity index (χ0) is 23.4. The molecular weight excluding hydrogens is 443 g/mol. The molecule has 2 nitrogen and oxygen atoms in total. The lowest BCUT2D eigenvalue weighted by molar-refractivity contribution is -0.0941. The summed E-state index contributed by atoms with van der Waals surface area (Å²) in [4.78, 5) is 13.3. The number of carbonyl (C=O) groups is 1. The zero-order valence-electron chi connectivity index (χ0n) is 18.1. The number of thioether (sulfide) groups is 1. The lowest BCUT2D eigenvalue weighted by Gasteiger charge is -2.18. The Morgan fingerprint density at radius 2 is 2.06 bits per heavy atom. The van der Waals surface area contributed by atoms with Crippen molar-refractivity contribution in [1.29, 1.82) is 0 Å². The van der Waals surface area contributed by atoms with Crippen molar-refractivity contribution < 1.29 is 18.0 Å². The maximum absolute atomic E-state index is 13.4. The third kappa shape index (κ3) is 9.83. The highest BCUT2D eigenvalue weighted by molar-refractivity contribution is 8.03. The number of allylic oxidation sites excluding steroid dienone is 5. The van der Waals surface area contributed by atoms with Crippen LogP contribution in [-0.4, -0.2) is 23.9 Å². The summed E-state index contributed by atoms with van der Waals surface area (Å²) in [6, 6.07) is 6.32. The van der Waals surface area contributed by atoms with Gasteiger partial charge in [-0.1, -0.05) is 61.9 Å². The molecule has 1 amide bonds. The predicted molar refractivity (Wildman–Crippen MR) is 127 cm³/mol. The molecule has 0 saturated heterocycles. The molecule has 1 N–H and O–H groups in total. The predicted octanol–water partition coefficient (Wildman–Crippen LogP) is 7.89. The van der Waals surface area contributed by atoms with Gasteiger partial charge < -0.3 is 5.32 Å². The van der Waals surface area contributed by atoms with Crippen molar-refractivity contribution in [3.8, 4) is 0 Å². The number of benzene rings is 1. The summed E-state index contributed by atoms with van der Waals surface area (Å²) < 4.78 is 40.1. The molecule has 31 heavy (non-hydrogen) atoms. The van der Waals surface area contributed by atoms with Crippen LogP contribution >= 0.6 is 23.4 Å². The summed E-state index contributed by atoms with van der Waals surface area (Å²) in [6.07, 6.45) is 2.94. The third-order valence-electron chi connectivity index (χ3n) is 4.41. The van der Waals surface area contributed by atoms with Crippen molar-refractivity contribution in [2.24, 2.45) is 0 Å². The van der Waals surface area contributed by atoms with E-state index >= 15 is 0 Å². The minimum atomic E-state index is -4.36. The second kappa shape index (κ2) is 13.5. The minimum Gasteiger partial charge on any atom is -0.345 e. The van der Waals surface area contributed by atoms with Gasteiger partial charge in [-0.15, -0.1) is 11.8 Å². The molecule has 0 heterocycles. The highest BCUT2D eigenvalue weighted by Crippen LogP contribution is 2.32. The Bertz CT molecular complexity index is 843. The standard InChI is InChI=1S/C24H29ClF3NOS/c1-5-8-12-20(24(26,27)28)14-18(10-6-2)16-31-22(7-3)17(4)29-23(30)19-11-9-13-21(25)15-19/h6-7,9-11,13-15,17H,2,5,8,12,16H2,1,3-4H3,(H,29,30)/b18-10+,20-14+,22-7-. The van der Waals surface area contributed by atoms with Gasteiger partial charge in [-0.25, -0.2) is 0 Å². The summed E-state index contributed by atoms with van der Waals surface area (Å²) in [5.41, 5.74) is 0.434. The van der Waals surface area contributed by atoms with E-state index in [1.54, 1.807) is 30.3 Å². The Morgan fingerprint density at radius 3 is 2.61 bits per heavy atom. The number of hydrogen-bond donors (Lipinski definition) is 1. The highest BCUT2D eigenvalue weighted by atomic mass is 35.5. The number of alkyl halides is 3. The van der Waals surface area contributed by atoms with E-state index in [0.29, 0.717) is 34.8 Å². The SMILES string of the molecule is C=C/C=C(\C=C(/CCCC)C(F)(F)F)CS/C(=C\C)C(C)NC(=O)c1cccc(Cl)c1. The first-order chi connectivity index (χ1) is 14.6. The molecule has 0 aliphatic carbocycles. The number of unbranched alkanes of at least 4 members (excludes halogenated alkanes) is 1. The number of amides is 1.